The van der Waals surface area contributed by atoms with Crippen LogP contribution in [0.4, 0.5) is 0 Å². The van der Waals surface area contributed by atoms with Crippen LogP contribution in [0.1, 0.15) is 5.56 Å². The Kier molecular flexibility index (Phi) is 3.83. The van der Waals surface area contributed by atoms with E-state index in [1.807, 2.05) is 12.3 Å². The molecule has 154 valence electrons. The summed E-state index contributed by atoms with van der Waals surface area (Å²) in [5.41, 5.74) is 5.97. The van der Waals surface area contributed by atoms with Crippen molar-refractivity contribution < 1.29 is 0 Å². The summed E-state index contributed by atoms with van der Waals surface area (Å²) in [5.74, 6) is 0. The highest BCUT2D eigenvalue weighted by molar-refractivity contribution is 6.28. The van der Waals surface area contributed by atoms with E-state index in [4.69, 9.17) is 4.98 Å². The molecule has 7 aromatic rings. The number of fused-ring (bicyclic) bond motifs is 1. The van der Waals surface area contributed by atoms with Gasteiger partial charge < -0.3 is 0 Å². The molecule has 1 heteroatoms. The van der Waals surface area contributed by atoms with Gasteiger partial charge in [0.25, 0.3) is 0 Å². The molecule has 0 unspecified atom stereocenters. The summed E-state index contributed by atoms with van der Waals surface area (Å²) >= 11 is 0. The number of pyridine rings is 1. The van der Waals surface area contributed by atoms with Gasteiger partial charge in [0.05, 0.1) is 5.69 Å². The predicted molar refractivity (Wildman–Crippen MR) is 141 cm³/mol. The topological polar surface area (TPSA) is 12.9 Å². The molecule has 0 radical (unpaired) electrons. The number of benzene rings is 6. The maximum atomic E-state index is 4.73. The number of nitrogens with zero attached hydrogens (tertiary/aromatic N) is 1. The average molecular weight is 420 g/mol. The van der Waals surface area contributed by atoms with E-state index < -0.39 is 0 Å². The van der Waals surface area contributed by atoms with Crippen molar-refractivity contribution in [3.8, 4) is 22.4 Å². The number of rotatable bonds is 2. The first kappa shape index (κ1) is 18.4. The van der Waals surface area contributed by atoms with Crippen LogP contribution >= 0.6 is 0 Å². The van der Waals surface area contributed by atoms with E-state index in [0.29, 0.717) is 0 Å². The van der Waals surface area contributed by atoms with Gasteiger partial charge in [-0.15, -0.1) is 0 Å². The van der Waals surface area contributed by atoms with Gasteiger partial charge in [-0.1, -0.05) is 78.9 Å². The Morgan fingerprint density at radius 1 is 0.515 bits per heavy atom. The van der Waals surface area contributed by atoms with Gasteiger partial charge in [0.15, 0.2) is 0 Å². The molecule has 0 N–H and O–H groups in total. The fourth-order valence-corrected chi connectivity index (χ4v) is 5.40. The molecule has 0 saturated carbocycles. The van der Waals surface area contributed by atoms with Crippen LogP contribution in [0.3, 0.4) is 0 Å². The van der Waals surface area contributed by atoms with Crippen molar-refractivity contribution in [2.45, 2.75) is 6.92 Å². The molecule has 33 heavy (non-hydrogen) atoms. The second-order valence-corrected chi connectivity index (χ2v) is 8.94. The number of aryl methyl sites for hydroxylation is 1. The molecule has 0 amide bonds. The van der Waals surface area contributed by atoms with Crippen LogP contribution in [0.15, 0.2) is 109 Å². The summed E-state index contributed by atoms with van der Waals surface area (Å²) in [5, 5.41) is 10.3. The maximum absolute atomic E-state index is 4.73. The summed E-state index contributed by atoms with van der Waals surface area (Å²) in [6.07, 6.45) is 1.88. The minimum absolute atomic E-state index is 1.01. The van der Waals surface area contributed by atoms with E-state index in [-0.39, 0.29) is 0 Å². The Labute approximate surface area is 192 Å². The molecule has 7 rings (SSSR count). The molecule has 0 aliphatic heterocycles. The minimum Gasteiger partial charge on any atom is -0.256 e. The zero-order valence-corrected chi connectivity index (χ0v) is 18.3. The molecule has 1 heterocycles. The molecule has 1 aromatic heterocycles. The van der Waals surface area contributed by atoms with Gasteiger partial charge in [0.1, 0.15) is 0 Å². The lowest BCUT2D eigenvalue weighted by Crippen LogP contribution is -1.92. The van der Waals surface area contributed by atoms with Crippen LogP contribution in [-0.2, 0) is 0 Å². The lowest BCUT2D eigenvalue weighted by Gasteiger charge is -2.18. The molecule has 0 aliphatic rings. The van der Waals surface area contributed by atoms with Gasteiger partial charge in [0, 0.05) is 11.8 Å². The van der Waals surface area contributed by atoms with E-state index >= 15 is 0 Å². The van der Waals surface area contributed by atoms with E-state index in [2.05, 4.69) is 104 Å². The third-order valence-electron chi connectivity index (χ3n) is 6.86. The number of hydrogen-bond donors (Lipinski definition) is 0. The Morgan fingerprint density at radius 3 is 1.97 bits per heavy atom. The predicted octanol–water partition coefficient (Wildman–Crippen LogP) is 8.77. The molecule has 0 saturated heterocycles. The summed E-state index contributed by atoms with van der Waals surface area (Å²) in [6.45, 7) is 2.17. The summed E-state index contributed by atoms with van der Waals surface area (Å²) in [7, 11) is 0. The smallest absolute Gasteiger partial charge is 0.0708 e. The van der Waals surface area contributed by atoms with E-state index in [9.17, 15) is 0 Å². The quantitative estimate of drug-likeness (QED) is 0.255. The standard InChI is InChI=1S/C32H21N/c1-20-16-24-11-13-26-28(23-10-9-21-6-2-3-7-22(21)18-23)19-29(30-8-4-5-15-33-30)27-14-12-25(17-20)31(24)32(26)27/h2-19H,1H3. The molecule has 0 atom stereocenters. The van der Waals surface area contributed by atoms with Crippen molar-refractivity contribution >= 4 is 43.1 Å². The number of hydrogen-bond acceptors (Lipinski definition) is 1. The van der Waals surface area contributed by atoms with Crippen LogP contribution in [0, 0.1) is 6.92 Å². The first-order valence-corrected chi connectivity index (χ1v) is 11.4. The van der Waals surface area contributed by atoms with Gasteiger partial charge in [-0.3, -0.25) is 4.98 Å². The zero-order valence-electron chi connectivity index (χ0n) is 18.3. The van der Waals surface area contributed by atoms with Crippen LogP contribution in [0.25, 0.3) is 65.5 Å². The summed E-state index contributed by atoms with van der Waals surface area (Å²) in [4.78, 5) is 4.73. The average Bonchev–Trinajstić information content (AvgIpc) is 2.86. The molecule has 1 nitrogen and oxygen atoms in total. The molecule has 0 bridgehead atoms. The molecule has 0 spiro atoms. The normalized spacial score (nSPS) is 11.8. The van der Waals surface area contributed by atoms with Crippen molar-refractivity contribution in [1.29, 1.82) is 0 Å². The monoisotopic (exact) mass is 419 g/mol. The minimum atomic E-state index is 1.01. The molecular weight excluding hydrogens is 398 g/mol. The first-order valence-electron chi connectivity index (χ1n) is 11.4. The fourth-order valence-electron chi connectivity index (χ4n) is 5.40. The summed E-state index contributed by atoms with van der Waals surface area (Å²) < 4.78 is 0. The van der Waals surface area contributed by atoms with Crippen LogP contribution in [0.2, 0.25) is 0 Å². The Morgan fingerprint density at radius 2 is 1.21 bits per heavy atom. The van der Waals surface area contributed by atoms with Gasteiger partial charge in [0.2, 0.25) is 0 Å². The fraction of sp³-hybridized carbons (Fsp3) is 0.0312. The summed E-state index contributed by atoms with van der Waals surface area (Å²) in [6, 6.07) is 37.6. The van der Waals surface area contributed by atoms with Crippen molar-refractivity contribution in [2.75, 3.05) is 0 Å². The van der Waals surface area contributed by atoms with E-state index in [1.165, 1.54) is 65.3 Å². The van der Waals surface area contributed by atoms with E-state index in [1.54, 1.807) is 0 Å². The highest BCUT2D eigenvalue weighted by Crippen LogP contribution is 2.44. The van der Waals surface area contributed by atoms with Gasteiger partial charge in [-0.25, -0.2) is 0 Å². The van der Waals surface area contributed by atoms with Gasteiger partial charge in [-0.2, -0.15) is 0 Å². The lowest BCUT2D eigenvalue weighted by atomic mass is 9.86. The third kappa shape index (κ3) is 2.76. The SMILES string of the molecule is Cc1cc2ccc3c(-c4ccc5ccccc5c4)cc(-c4ccccn4)c4ccc(c1)c2c34. The molecular formula is C32H21N. The van der Waals surface area contributed by atoms with Crippen LogP contribution in [0.5, 0.6) is 0 Å². The van der Waals surface area contributed by atoms with E-state index in [0.717, 1.165) is 5.69 Å². The highest BCUT2D eigenvalue weighted by atomic mass is 14.7. The van der Waals surface area contributed by atoms with Crippen LogP contribution in [-0.4, -0.2) is 4.98 Å². The largest absolute Gasteiger partial charge is 0.256 e. The Balaban J connectivity index is 1.66. The third-order valence-corrected chi connectivity index (χ3v) is 6.86. The number of aromatic nitrogens is 1. The van der Waals surface area contributed by atoms with Gasteiger partial charge in [-0.05, 0) is 91.0 Å². The molecule has 0 aliphatic carbocycles. The van der Waals surface area contributed by atoms with Crippen molar-refractivity contribution in [1.82, 2.24) is 4.98 Å². The highest BCUT2D eigenvalue weighted by Gasteiger charge is 2.17. The zero-order chi connectivity index (χ0) is 21.9. The van der Waals surface area contributed by atoms with Crippen molar-refractivity contribution in [3.63, 3.8) is 0 Å². The van der Waals surface area contributed by atoms with Crippen LogP contribution < -0.4 is 0 Å². The lowest BCUT2D eigenvalue weighted by molar-refractivity contribution is 1.33. The second kappa shape index (κ2) is 6.88. The maximum Gasteiger partial charge on any atom is 0.0708 e. The molecule has 0 fully saturated rings. The van der Waals surface area contributed by atoms with Gasteiger partial charge >= 0.3 is 0 Å². The second-order valence-electron chi connectivity index (χ2n) is 8.94. The van der Waals surface area contributed by atoms with Crippen molar-refractivity contribution in [2.24, 2.45) is 0 Å². The Hall–Kier alpha value is -4.23. The molecule has 6 aromatic carbocycles. The van der Waals surface area contributed by atoms with Crippen molar-refractivity contribution in [3.05, 3.63) is 115 Å². The Bertz CT molecular complexity index is 1790. The first-order chi connectivity index (χ1) is 16.3.